The van der Waals surface area contributed by atoms with E-state index in [0.29, 0.717) is 12.8 Å². The first-order valence-electron chi connectivity index (χ1n) is 7.11. The van der Waals surface area contributed by atoms with Gasteiger partial charge in [0.2, 0.25) is 5.91 Å². The third-order valence-electron chi connectivity index (χ3n) is 3.79. The second kappa shape index (κ2) is 6.69. The first-order valence-corrected chi connectivity index (χ1v) is 7.11. The van der Waals surface area contributed by atoms with Gasteiger partial charge in [0, 0.05) is 12.1 Å². The number of amides is 3. The number of nitrogens with one attached hydrogen (secondary N) is 3. The van der Waals surface area contributed by atoms with Crippen LogP contribution >= 0.6 is 0 Å². The van der Waals surface area contributed by atoms with Crippen LogP contribution in [0.4, 0.5) is 4.79 Å². The fourth-order valence-corrected chi connectivity index (χ4v) is 2.40. The minimum absolute atomic E-state index is 0.0838. The van der Waals surface area contributed by atoms with E-state index >= 15 is 0 Å². The number of hydrogen-bond donors (Lipinski definition) is 4. The van der Waals surface area contributed by atoms with Crippen molar-refractivity contribution >= 4 is 17.9 Å². The average Bonchev–Trinajstić information content (AvgIpc) is 3.20. The van der Waals surface area contributed by atoms with Gasteiger partial charge >= 0.3 is 12.0 Å². The van der Waals surface area contributed by atoms with Crippen LogP contribution < -0.4 is 16.0 Å². The molecule has 0 radical (unpaired) electrons. The van der Waals surface area contributed by atoms with Crippen molar-refractivity contribution < 1.29 is 19.5 Å². The fourth-order valence-electron chi connectivity index (χ4n) is 2.40. The Bertz CT molecular complexity index is 387. The molecule has 2 aliphatic carbocycles. The summed E-state index contributed by atoms with van der Waals surface area (Å²) in [5.41, 5.74) is 0. The largest absolute Gasteiger partial charge is 0.481 e. The lowest BCUT2D eigenvalue weighted by molar-refractivity contribution is -0.143. The van der Waals surface area contributed by atoms with Crippen LogP contribution in [0.3, 0.4) is 0 Å². The lowest BCUT2D eigenvalue weighted by atomic mass is 9.86. The standard InChI is InChI=1S/C13H21N3O4/c17-11(16-13(20)15-10-5-6-10)7-14-9-3-1-8(2-4-9)12(18)19/h8-10,14H,1-7H2,(H,18,19)(H2,15,16,17,20). The summed E-state index contributed by atoms with van der Waals surface area (Å²) in [6, 6.07) is -0.0567. The summed E-state index contributed by atoms with van der Waals surface area (Å²) in [5.74, 6) is -1.35. The van der Waals surface area contributed by atoms with Crippen LogP contribution in [0, 0.1) is 5.92 Å². The molecule has 2 rings (SSSR count). The van der Waals surface area contributed by atoms with Gasteiger partial charge in [-0.3, -0.25) is 14.9 Å². The molecule has 0 aliphatic heterocycles. The van der Waals surface area contributed by atoms with Gasteiger partial charge in [0.1, 0.15) is 0 Å². The molecule has 2 saturated carbocycles. The summed E-state index contributed by atoms with van der Waals surface area (Å²) in [7, 11) is 0. The predicted octanol–water partition coefficient (Wildman–Crippen LogP) is 0.208. The van der Waals surface area contributed by atoms with Gasteiger partial charge in [0.05, 0.1) is 12.5 Å². The molecule has 0 spiro atoms. The molecule has 0 aromatic heterocycles. The van der Waals surface area contributed by atoms with Crippen LogP contribution in [0.25, 0.3) is 0 Å². The van der Waals surface area contributed by atoms with E-state index in [2.05, 4.69) is 16.0 Å². The van der Waals surface area contributed by atoms with Crippen molar-refractivity contribution in [2.75, 3.05) is 6.54 Å². The van der Waals surface area contributed by atoms with Gasteiger partial charge in [-0.25, -0.2) is 4.79 Å². The lowest BCUT2D eigenvalue weighted by Gasteiger charge is -2.26. The Morgan fingerprint density at radius 3 is 2.10 bits per heavy atom. The average molecular weight is 283 g/mol. The summed E-state index contributed by atoms with van der Waals surface area (Å²) >= 11 is 0. The molecule has 112 valence electrons. The minimum atomic E-state index is -0.738. The van der Waals surface area contributed by atoms with Crippen LogP contribution in [0.15, 0.2) is 0 Å². The van der Waals surface area contributed by atoms with Gasteiger partial charge in [-0.2, -0.15) is 0 Å². The summed E-state index contributed by atoms with van der Waals surface area (Å²) in [6.07, 6.45) is 4.73. The van der Waals surface area contributed by atoms with Gasteiger partial charge in [-0.15, -0.1) is 0 Å². The van der Waals surface area contributed by atoms with E-state index < -0.39 is 12.0 Å². The molecule has 7 nitrogen and oxygen atoms in total. The summed E-state index contributed by atoms with van der Waals surface area (Å²) in [4.78, 5) is 33.7. The third-order valence-corrected chi connectivity index (χ3v) is 3.79. The van der Waals surface area contributed by atoms with Crippen LogP contribution in [0.2, 0.25) is 0 Å². The summed E-state index contributed by atoms with van der Waals surface area (Å²) in [6.45, 7) is 0.0838. The van der Waals surface area contributed by atoms with Crippen LogP contribution in [0.5, 0.6) is 0 Å². The van der Waals surface area contributed by atoms with Crippen molar-refractivity contribution in [2.24, 2.45) is 5.92 Å². The number of hydrogen-bond acceptors (Lipinski definition) is 4. The Labute approximate surface area is 117 Å². The minimum Gasteiger partial charge on any atom is -0.481 e. The molecule has 0 bridgehead atoms. The topological polar surface area (TPSA) is 108 Å². The van der Waals surface area contributed by atoms with Crippen LogP contribution in [0.1, 0.15) is 38.5 Å². The molecule has 20 heavy (non-hydrogen) atoms. The number of carbonyl (C=O) groups excluding carboxylic acids is 2. The SMILES string of the molecule is O=C(CNC1CCC(C(=O)O)CC1)NC(=O)NC1CC1. The van der Waals surface area contributed by atoms with Crippen molar-refractivity contribution in [3.8, 4) is 0 Å². The van der Waals surface area contributed by atoms with E-state index in [9.17, 15) is 14.4 Å². The van der Waals surface area contributed by atoms with E-state index in [1.54, 1.807) is 0 Å². The molecule has 2 aliphatic rings. The number of carbonyl (C=O) groups is 3. The number of imide groups is 1. The highest BCUT2D eigenvalue weighted by Crippen LogP contribution is 2.24. The predicted molar refractivity (Wildman–Crippen MR) is 71.1 cm³/mol. The quantitative estimate of drug-likeness (QED) is 0.577. The normalized spacial score (nSPS) is 25.8. The van der Waals surface area contributed by atoms with Gasteiger partial charge in [0.25, 0.3) is 0 Å². The third kappa shape index (κ3) is 4.80. The van der Waals surface area contributed by atoms with Crippen molar-refractivity contribution in [3.05, 3.63) is 0 Å². The van der Waals surface area contributed by atoms with Crippen molar-refractivity contribution in [1.29, 1.82) is 0 Å². The molecule has 3 amide bonds. The molecule has 0 unspecified atom stereocenters. The zero-order valence-corrected chi connectivity index (χ0v) is 11.4. The maximum Gasteiger partial charge on any atom is 0.321 e. The molecule has 0 aromatic rings. The molecule has 0 atom stereocenters. The van der Waals surface area contributed by atoms with Gasteiger partial charge in [-0.1, -0.05) is 0 Å². The van der Waals surface area contributed by atoms with Crippen molar-refractivity contribution in [3.63, 3.8) is 0 Å². The van der Waals surface area contributed by atoms with Crippen molar-refractivity contribution in [1.82, 2.24) is 16.0 Å². The Hall–Kier alpha value is -1.63. The van der Waals surface area contributed by atoms with Crippen LogP contribution in [-0.4, -0.2) is 41.6 Å². The molecule has 2 fully saturated rings. The first-order chi connectivity index (χ1) is 9.54. The number of urea groups is 1. The summed E-state index contributed by atoms with van der Waals surface area (Å²) in [5, 5.41) is 16.9. The number of rotatable bonds is 5. The number of carboxylic acids is 1. The zero-order chi connectivity index (χ0) is 14.5. The highest BCUT2D eigenvalue weighted by Gasteiger charge is 2.26. The molecule has 0 heterocycles. The Kier molecular flexibility index (Phi) is 4.94. The summed E-state index contributed by atoms with van der Waals surface area (Å²) < 4.78 is 0. The molecule has 0 saturated heterocycles. The molecule has 0 aromatic carbocycles. The Morgan fingerprint density at radius 1 is 0.950 bits per heavy atom. The monoisotopic (exact) mass is 283 g/mol. The number of aliphatic carboxylic acids is 1. The van der Waals surface area contributed by atoms with Gasteiger partial charge in [0.15, 0.2) is 0 Å². The highest BCUT2D eigenvalue weighted by atomic mass is 16.4. The van der Waals surface area contributed by atoms with E-state index in [4.69, 9.17) is 5.11 Å². The van der Waals surface area contributed by atoms with E-state index in [-0.39, 0.29) is 30.5 Å². The Morgan fingerprint density at radius 2 is 1.55 bits per heavy atom. The van der Waals surface area contributed by atoms with Crippen LogP contribution in [-0.2, 0) is 9.59 Å². The zero-order valence-electron chi connectivity index (χ0n) is 11.4. The van der Waals surface area contributed by atoms with Crippen molar-refractivity contribution in [2.45, 2.75) is 50.6 Å². The molecular formula is C13H21N3O4. The van der Waals surface area contributed by atoms with Gasteiger partial charge < -0.3 is 15.7 Å². The van der Waals surface area contributed by atoms with Gasteiger partial charge in [-0.05, 0) is 38.5 Å². The number of carboxylic acid groups (broad SMARTS) is 1. The van der Waals surface area contributed by atoms with E-state index in [0.717, 1.165) is 25.7 Å². The second-order valence-corrected chi connectivity index (χ2v) is 5.56. The first kappa shape index (κ1) is 14.8. The fraction of sp³-hybridized carbons (Fsp3) is 0.769. The maximum absolute atomic E-state index is 11.5. The molecule has 7 heteroatoms. The molecular weight excluding hydrogens is 262 g/mol. The molecule has 4 N–H and O–H groups in total. The van der Waals surface area contributed by atoms with E-state index in [1.807, 2.05) is 0 Å². The highest BCUT2D eigenvalue weighted by molar-refractivity contribution is 5.95. The van der Waals surface area contributed by atoms with E-state index in [1.165, 1.54) is 0 Å². The Balaban J connectivity index is 1.59. The lowest BCUT2D eigenvalue weighted by Crippen LogP contribution is -2.46. The smallest absolute Gasteiger partial charge is 0.321 e. The second-order valence-electron chi connectivity index (χ2n) is 5.56. The maximum atomic E-state index is 11.5.